The lowest BCUT2D eigenvalue weighted by Crippen LogP contribution is -2.52. The van der Waals surface area contributed by atoms with Gasteiger partial charge in [-0.1, -0.05) is 212 Å². The molecule has 0 aliphatic heterocycles. The number of carbonyl (C=O) groups is 12. The molecule has 0 aliphatic rings. The van der Waals surface area contributed by atoms with Gasteiger partial charge >= 0.3 is 0 Å². The number of rotatable bonds is 52. The number of hydrogen-bond acceptors (Lipinski definition) is 16. The summed E-state index contributed by atoms with van der Waals surface area (Å²) in [6.07, 6.45) is 3.51. The topological polar surface area (TPSA) is 345 Å². The molecule has 117 heavy (non-hydrogen) atoms. The molecule has 0 atom stereocenters. The van der Waals surface area contributed by atoms with Crippen LogP contribution >= 0.6 is 0 Å². The van der Waals surface area contributed by atoms with Crippen molar-refractivity contribution < 1.29 is 57.5 Å². The third kappa shape index (κ3) is 33.5. The minimum absolute atomic E-state index is 0.00832. The van der Waals surface area contributed by atoms with Crippen LogP contribution in [0.25, 0.3) is 0 Å². The lowest BCUT2D eigenvalue weighted by atomic mass is 10.2. The molecule has 0 fully saturated rings. The Morgan fingerprint density at radius 3 is 0.504 bits per heavy atom. The number of nitrogens with two attached hydrogens (primary N) is 4. The third-order valence-electron chi connectivity index (χ3n) is 19.7. The first-order valence-electron chi connectivity index (χ1n) is 40.2. The van der Waals surface area contributed by atoms with Crippen LogP contribution < -0.4 is 22.9 Å². The van der Waals surface area contributed by atoms with Gasteiger partial charge in [-0.3, -0.25) is 57.5 Å². The summed E-state index contributed by atoms with van der Waals surface area (Å²) in [6.45, 7) is -1.21. The number of benzene rings is 7. The van der Waals surface area contributed by atoms with Gasteiger partial charge in [-0.2, -0.15) is 0 Å². The van der Waals surface area contributed by atoms with Gasteiger partial charge in [0, 0.05) is 78.9 Å². The van der Waals surface area contributed by atoms with Crippen molar-refractivity contribution in [2.45, 2.75) is 111 Å². The fourth-order valence-electron chi connectivity index (χ4n) is 13.2. The van der Waals surface area contributed by atoms with E-state index in [0.29, 0.717) is 85.7 Å². The Labute approximate surface area is 688 Å². The van der Waals surface area contributed by atoms with Crippen LogP contribution in [0.4, 0.5) is 0 Å². The Morgan fingerprint density at radius 1 is 0.197 bits per heavy atom. The highest BCUT2D eigenvalue weighted by molar-refractivity contribution is 5.95. The van der Waals surface area contributed by atoms with E-state index in [1.54, 1.807) is 127 Å². The van der Waals surface area contributed by atoms with Crippen LogP contribution in [0.5, 0.6) is 0 Å². The highest BCUT2D eigenvalue weighted by atomic mass is 16.2. The second-order valence-electron chi connectivity index (χ2n) is 29.2. The summed E-state index contributed by atoms with van der Waals surface area (Å²) in [6, 6.07) is 63.3. The van der Waals surface area contributed by atoms with Crippen molar-refractivity contribution in [3.63, 3.8) is 0 Å². The summed E-state index contributed by atoms with van der Waals surface area (Å²) in [5, 5.41) is 0. The molecule has 0 heterocycles. The second-order valence-corrected chi connectivity index (χ2v) is 29.2. The summed E-state index contributed by atoms with van der Waals surface area (Å²) >= 11 is 0. The largest absolute Gasteiger partial charge is 0.332 e. The van der Waals surface area contributed by atoms with E-state index in [4.69, 9.17) is 22.9 Å². The number of hydrogen-bond donors (Lipinski definition) is 4. The molecule has 27 nitrogen and oxygen atoms in total. The van der Waals surface area contributed by atoms with E-state index < -0.39 is 118 Å². The van der Waals surface area contributed by atoms with Crippen LogP contribution in [0.15, 0.2) is 212 Å². The predicted octanol–water partition coefficient (Wildman–Crippen LogP) is 6.07. The molecule has 0 radical (unpaired) electrons. The molecule has 7 rings (SSSR count). The number of carbonyl (C=O) groups excluding carboxylic acids is 12. The zero-order valence-electron chi connectivity index (χ0n) is 67.9. The van der Waals surface area contributed by atoms with Crippen LogP contribution in [-0.2, 0) is 103 Å². The van der Waals surface area contributed by atoms with Gasteiger partial charge in [0.05, 0.1) is 32.7 Å². The van der Waals surface area contributed by atoms with E-state index in [2.05, 4.69) is 0 Å². The van der Waals surface area contributed by atoms with Crippen LogP contribution in [0.2, 0.25) is 0 Å². The highest BCUT2D eigenvalue weighted by Gasteiger charge is 2.34. The molecule has 0 spiro atoms. The van der Waals surface area contributed by atoms with E-state index >= 15 is 28.8 Å². The first kappa shape index (κ1) is 92.4. The Balaban J connectivity index is 1.15. The monoisotopic (exact) mass is 1600 g/mol. The van der Waals surface area contributed by atoms with Gasteiger partial charge in [-0.25, -0.2) is 0 Å². The lowest BCUT2D eigenvalue weighted by molar-refractivity contribution is -0.150. The zero-order chi connectivity index (χ0) is 84.1. The normalized spacial score (nSPS) is 10.9. The Kier molecular flexibility index (Phi) is 40.5. The van der Waals surface area contributed by atoms with Gasteiger partial charge in [0.1, 0.15) is 45.1 Å². The van der Waals surface area contributed by atoms with E-state index in [9.17, 15) is 28.8 Å². The SMILES string of the molecule is CC(=O)CN(Cc1ccccc1)C(=O)CN(Cc1ccccc1)C(=O)CN(CCCCN)C(=O)CN(Cc1ccccc1)C(=O)CN(CCCCN)C(=O)CN(Cc1ccccc1)C(=O)CN(Cc1ccccc1)C(=O)CN(CCCCN)C(=O)CN(Cc1ccccc1)C(=O)CN(CCCCN)C(=O)CN(Cc1ccccc1)C(C)=O. The maximum Gasteiger partial charge on any atom is 0.242 e. The Bertz CT molecular complexity index is 4240. The van der Waals surface area contributed by atoms with E-state index in [1.807, 2.05) is 84.9 Å². The van der Waals surface area contributed by atoms with Gasteiger partial charge in [0.15, 0.2) is 0 Å². The molecule has 7 aromatic rings. The smallest absolute Gasteiger partial charge is 0.242 e. The maximum absolute atomic E-state index is 15.5. The first-order valence-corrected chi connectivity index (χ1v) is 40.2. The molecule has 0 saturated carbocycles. The zero-order valence-corrected chi connectivity index (χ0v) is 67.9. The number of Topliss-reactive ketones (excluding diaryl/α,β-unsaturated/α-hetero) is 1. The average molecular weight is 1600 g/mol. The van der Waals surface area contributed by atoms with Crippen molar-refractivity contribution in [3.8, 4) is 0 Å². The minimum Gasteiger partial charge on any atom is -0.332 e. The number of ketones is 1. The second kappa shape index (κ2) is 51.2. The minimum atomic E-state index is -0.657. The van der Waals surface area contributed by atoms with Crippen molar-refractivity contribution in [1.29, 1.82) is 0 Å². The highest BCUT2D eigenvalue weighted by Crippen LogP contribution is 2.18. The molecule has 624 valence electrons. The number of nitrogens with zero attached hydrogens (tertiary/aromatic N) is 11. The summed E-state index contributed by atoms with van der Waals surface area (Å²) < 4.78 is 0. The number of amides is 11. The van der Waals surface area contributed by atoms with Crippen molar-refractivity contribution in [3.05, 3.63) is 251 Å². The van der Waals surface area contributed by atoms with E-state index in [-0.39, 0.29) is 116 Å². The molecule has 0 saturated heterocycles. The molecular weight excluding hydrogens is 1480 g/mol. The standard InChI is InChI=1S/C90H117N15O12/c1-72(106)54-100(56-75-34-12-4-13-35-75)89(116)70-104(60-79-42-20-8-21-43-79)87(114)64-97(52-30-26-48-93)83(110)68-102(58-77-38-16-6-17-39-77)86(113)63-96(51-29-25-47-92)84(111)69-103(59-78-40-18-7-19-41-78)90(117)71-105(61-80-44-22-9-23-45-80)88(115)65-98(53-31-27-49-94)82(109)67-101(57-76-36-14-5-15-37-76)85(112)62-95(50-28-24-46-91)81(108)66-99(73(2)107)55-74-32-10-3-11-33-74/h3-23,32-45H,24-31,46-71,91-94H2,1-2H3. The molecule has 0 unspecified atom stereocenters. The third-order valence-corrected chi connectivity index (χ3v) is 19.7. The van der Waals surface area contributed by atoms with Crippen LogP contribution in [-0.4, -0.2) is 249 Å². The molecule has 7 aromatic carbocycles. The molecule has 8 N–H and O–H groups in total. The van der Waals surface area contributed by atoms with Gasteiger partial charge in [-0.05, 0) is 123 Å². The maximum atomic E-state index is 15.5. The summed E-state index contributed by atoms with van der Waals surface area (Å²) in [5.74, 6) is -6.49. The summed E-state index contributed by atoms with van der Waals surface area (Å²) in [5.41, 5.74) is 28.8. The lowest BCUT2D eigenvalue weighted by Gasteiger charge is -2.33. The van der Waals surface area contributed by atoms with Crippen LogP contribution in [0.1, 0.15) is 104 Å². The molecule has 0 aromatic heterocycles. The van der Waals surface area contributed by atoms with Crippen molar-refractivity contribution in [2.24, 2.45) is 22.9 Å². The predicted molar refractivity (Wildman–Crippen MR) is 449 cm³/mol. The van der Waals surface area contributed by atoms with Crippen molar-refractivity contribution >= 4 is 70.8 Å². The van der Waals surface area contributed by atoms with Crippen molar-refractivity contribution in [2.75, 3.05) is 124 Å². The molecular formula is C90H117N15O12. The average Bonchev–Trinajstić information content (AvgIpc) is 0.854. The van der Waals surface area contributed by atoms with Crippen LogP contribution in [0, 0.1) is 0 Å². The Hall–Kier alpha value is -11.8. The quantitative estimate of drug-likeness (QED) is 0.0314. The molecule has 0 aliphatic carbocycles. The number of unbranched alkanes of at least 4 members (excludes halogenated alkanes) is 4. The van der Waals surface area contributed by atoms with Gasteiger partial charge in [-0.15, -0.1) is 0 Å². The first-order chi connectivity index (χ1) is 56.6. The van der Waals surface area contributed by atoms with Gasteiger partial charge < -0.3 is 76.8 Å². The van der Waals surface area contributed by atoms with Gasteiger partial charge in [0.25, 0.3) is 0 Å². The van der Waals surface area contributed by atoms with E-state index in [0.717, 1.165) is 11.1 Å². The Morgan fingerprint density at radius 2 is 0.342 bits per heavy atom. The van der Waals surface area contributed by atoms with Crippen LogP contribution in [0.3, 0.4) is 0 Å². The van der Waals surface area contributed by atoms with Gasteiger partial charge in [0.2, 0.25) is 65.0 Å². The summed E-state index contributed by atoms with van der Waals surface area (Å²) in [4.78, 5) is 191. The molecule has 0 bridgehead atoms. The van der Waals surface area contributed by atoms with E-state index in [1.165, 1.54) is 67.7 Å². The fourth-order valence-corrected chi connectivity index (χ4v) is 13.2. The summed E-state index contributed by atoms with van der Waals surface area (Å²) in [7, 11) is 0. The molecule has 27 heteroatoms. The fraction of sp³-hybridized carbons (Fsp3) is 0.400. The molecule has 11 amide bonds. The van der Waals surface area contributed by atoms with Crippen molar-refractivity contribution in [1.82, 2.24) is 53.9 Å².